The van der Waals surface area contributed by atoms with Crippen LogP contribution in [0.5, 0.6) is 11.5 Å². The number of carbonyl (C=O) groups excluding carboxylic acids is 3. The average Bonchev–Trinajstić information content (AvgIpc) is 0.854. The van der Waals surface area contributed by atoms with Crippen LogP contribution < -0.4 is 30.3 Å². The van der Waals surface area contributed by atoms with Gasteiger partial charge in [0.1, 0.15) is 30.5 Å². The molecule has 2 aromatic heterocycles. The van der Waals surface area contributed by atoms with Gasteiger partial charge in [0.25, 0.3) is 0 Å². The Balaban J connectivity index is 0.000000173. The number of aromatic nitrogens is 2. The van der Waals surface area contributed by atoms with Crippen molar-refractivity contribution in [3.63, 3.8) is 0 Å². The number of anilines is 1. The number of benzene rings is 7. The van der Waals surface area contributed by atoms with Crippen molar-refractivity contribution in [2.45, 2.75) is 67.1 Å². The van der Waals surface area contributed by atoms with E-state index < -0.39 is 0 Å². The molecule has 0 spiro atoms. The van der Waals surface area contributed by atoms with Gasteiger partial charge in [0.2, 0.25) is 17.7 Å². The number of hydrogen-bond acceptors (Lipinski definition) is 13. The summed E-state index contributed by atoms with van der Waals surface area (Å²) in [5.41, 5.74) is 16.0. The minimum Gasteiger partial charge on any atom is -0.492 e. The zero-order valence-electron chi connectivity index (χ0n) is 57.0. The largest absolute Gasteiger partial charge is 0.492 e. The molecule has 3 amide bonds. The number of piperazine rings is 1. The fourth-order valence-electron chi connectivity index (χ4n) is 11.7. The smallest absolute Gasteiger partial charge is 0.226 e. The highest BCUT2D eigenvalue weighted by molar-refractivity contribution is 5.80. The van der Waals surface area contributed by atoms with E-state index in [-0.39, 0.29) is 50.2 Å². The standard InChI is InChI=1S/C29H34FN3O2.C27H31N3O3.C25H27N3O2.CH4/c1-22-4-3-5-24(18-22)21-31-29(34)19-23-6-8-25(9-7-23)27-11-10-26(20-28(27)30)35-17-16-33-14-12-32(2)13-15-33;1-21-3-2-4-22(17-21)19-29-27(31)18-25-8-5-24(20-28-25)23-6-9-26(10-7-23)33-16-13-30-11-14-32-15-12-30;1-19-3-2-4-20(15-19)17-27-25(29)16-23-8-5-22(18-26-23)21-6-9-24(10-7-21)28-11-13-30-14-12-28;/h3-11,18,20H,12-17,19,21H2,1-2H3,(H,31,34);2-10,17,20H,11-16,18-19H2,1H3,(H,29,31);2-10,15,18H,11-14,16-17H2,1H3,(H,27,29);1H4. The molecule has 0 atom stereocenters. The Labute approximate surface area is 584 Å². The fourth-order valence-corrected chi connectivity index (χ4v) is 11.7. The number of likely N-dealkylation sites (N-methyl/N-ethyl adjacent to an activating group) is 1. The first-order chi connectivity index (χ1) is 47.8. The van der Waals surface area contributed by atoms with Crippen LogP contribution in [0.3, 0.4) is 0 Å². The number of nitrogens with one attached hydrogen (secondary N) is 3. The molecule has 99 heavy (non-hydrogen) atoms. The van der Waals surface area contributed by atoms with E-state index in [9.17, 15) is 18.8 Å². The summed E-state index contributed by atoms with van der Waals surface area (Å²) in [6.07, 6.45) is 4.49. The molecule has 518 valence electrons. The third-order valence-corrected chi connectivity index (χ3v) is 17.4. The van der Waals surface area contributed by atoms with Crippen molar-refractivity contribution in [1.82, 2.24) is 40.6 Å². The summed E-state index contributed by atoms with van der Waals surface area (Å²) in [5, 5.41) is 8.89. The third-order valence-electron chi connectivity index (χ3n) is 17.4. The van der Waals surface area contributed by atoms with E-state index in [0.29, 0.717) is 44.2 Å². The van der Waals surface area contributed by atoms with Crippen LogP contribution in [0.25, 0.3) is 33.4 Å². The number of hydrogen-bond donors (Lipinski definition) is 3. The van der Waals surface area contributed by atoms with Crippen LogP contribution in [-0.4, -0.2) is 155 Å². The summed E-state index contributed by atoms with van der Waals surface area (Å²) in [4.78, 5) is 55.2. The predicted octanol–water partition coefficient (Wildman–Crippen LogP) is 12.3. The molecule has 0 bridgehead atoms. The molecule has 17 heteroatoms. The lowest BCUT2D eigenvalue weighted by atomic mass is 10.0. The van der Waals surface area contributed by atoms with E-state index in [1.165, 1.54) is 28.4 Å². The van der Waals surface area contributed by atoms with Crippen LogP contribution in [0, 0.1) is 26.6 Å². The lowest BCUT2D eigenvalue weighted by Gasteiger charge is -2.32. The van der Waals surface area contributed by atoms with Gasteiger partial charge >= 0.3 is 0 Å². The number of amides is 3. The van der Waals surface area contributed by atoms with Crippen molar-refractivity contribution in [3.05, 3.63) is 257 Å². The van der Waals surface area contributed by atoms with Crippen LogP contribution in [0.1, 0.15) is 57.8 Å². The van der Waals surface area contributed by atoms with Gasteiger partial charge in [0.15, 0.2) is 0 Å². The van der Waals surface area contributed by atoms with Crippen LogP contribution in [0.15, 0.2) is 200 Å². The maximum absolute atomic E-state index is 14.8. The van der Waals surface area contributed by atoms with E-state index in [4.69, 9.17) is 18.9 Å². The molecule has 5 heterocycles. The molecule has 0 aliphatic carbocycles. The minimum absolute atomic E-state index is 0. The maximum atomic E-state index is 14.8. The number of halogens is 1. The molecule has 7 aromatic carbocycles. The summed E-state index contributed by atoms with van der Waals surface area (Å²) < 4.78 is 37.3. The van der Waals surface area contributed by atoms with Crippen LogP contribution in [0.2, 0.25) is 0 Å². The molecule has 0 radical (unpaired) electrons. The number of ether oxygens (including phenoxy) is 4. The Morgan fingerprint density at radius 1 is 0.444 bits per heavy atom. The van der Waals surface area contributed by atoms with E-state index in [1.54, 1.807) is 6.07 Å². The van der Waals surface area contributed by atoms with Gasteiger partial charge in [-0.05, 0) is 115 Å². The monoisotopic (exact) mass is 1340 g/mol. The van der Waals surface area contributed by atoms with Gasteiger partial charge in [-0.1, -0.05) is 158 Å². The first-order valence-electron chi connectivity index (χ1n) is 34.0. The van der Waals surface area contributed by atoms with Gasteiger partial charge in [0, 0.05) is 137 Å². The van der Waals surface area contributed by atoms with Gasteiger partial charge < -0.3 is 44.7 Å². The maximum Gasteiger partial charge on any atom is 0.226 e. The fraction of sp³-hybridized carbons (Fsp3) is 0.329. The molecule has 12 rings (SSSR count). The van der Waals surface area contributed by atoms with Crippen LogP contribution >= 0.6 is 0 Å². The molecule has 3 saturated heterocycles. The quantitative estimate of drug-likeness (QED) is 0.0524. The molecule has 3 fully saturated rings. The molecular weight excluding hydrogens is 1240 g/mol. The van der Waals surface area contributed by atoms with Crippen molar-refractivity contribution >= 4 is 23.4 Å². The summed E-state index contributed by atoms with van der Waals surface area (Å²) in [7, 11) is 2.14. The van der Waals surface area contributed by atoms with Crippen molar-refractivity contribution in [2.24, 2.45) is 0 Å². The Kier molecular flexibility index (Phi) is 28.6. The van der Waals surface area contributed by atoms with Gasteiger partial charge in [-0.3, -0.25) is 34.2 Å². The third kappa shape index (κ3) is 24.4. The molecule has 0 unspecified atom stereocenters. The molecule has 3 aliphatic heterocycles. The highest BCUT2D eigenvalue weighted by Crippen LogP contribution is 2.28. The molecule has 0 saturated carbocycles. The lowest BCUT2D eigenvalue weighted by Crippen LogP contribution is -2.45. The van der Waals surface area contributed by atoms with E-state index in [2.05, 4.69) is 95.0 Å². The van der Waals surface area contributed by atoms with Crippen molar-refractivity contribution in [3.8, 4) is 44.9 Å². The number of pyridine rings is 2. The Morgan fingerprint density at radius 2 is 0.869 bits per heavy atom. The van der Waals surface area contributed by atoms with Gasteiger partial charge in [0.05, 0.1) is 45.7 Å². The first kappa shape index (κ1) is 73.6. The van der Waals surface area contributed by atoms with Crippen molar-refractivity contribution < 1.29 is 37.7 Å². The zero-order chi connectivity index (χ0) is 68.3. The Morgan fingerprint density at radius 3 is 1.33 bits per heavy atom. The molecular formula is C82H96FN9O7. The summed E-state index contributed by atoms with van der Waals surface area (Å²) >= 11 is 0. The van der Waals surface area contributed by atoms with Crippen LogP contribution in [0.4, 0.5) is 10.1 Å². The number of nitrogens with zero attached hydrogens (tertiary/aromatic N) is 6. The minimum atomic E-state index is -0.314. The number of aryl methyl sites for hydroxylation is 3. The highest BCUT2D eigenvalue weighted by atomic mass is 19.1. The first-order valence-corrected chi connectivity index (χ1v) is 34.0. The van der Waals surface area contributed by atoms with Gasteiger partial charge in [-0.25, -0.2) is 4.39 Å². The summed E-state index contributed by atoms with van der Waals surface area (Å²) in [6, 6.07) is 61.3. The Hall–Kier alpha value is -9.62. The van der Waals surface area contributed by atoms with Gasteiger partial charge in [-0.2, -0.15) is 0 Å². The summed E-state index contributed by atoms with van der Waals surface area (Å²) in [5.74, 6) is 1.00. The zero-order valence-corrected chi connectivity index (χ0v) is 57.0. The molecule has 16 nitrogen and oxygen atoms in total. The molecule has 3 aliphatic rings. The second-order valence-electron chi connectivity index (χ2n) is 25.2. The van der Waals surface area contributed by atoms with E-state index >= 15 is 0 Å². The number of rotatable bonds is 24. The topological polar surface area (TPSA) is 163 Å². The normalized spacial score (nSPS) is 14.1. The summed E-state index contributed by atoms with van der Waals surface area (Å²) in [6.45, 7) is 21.9. The highest BCUT2D eigenvalue weighted by Gasteiger charge is 2.17. The molecule has 9 aromatic rings. The van der Waals surface area contributed by atoms with E-state index in [0.717, 1.165) is 159 Å². The number of morpholine rings is 2. The predicted molar refractivity (Wildman–Crippen MR) is 393 cm³/mol. The average molecular weight is 1340 g/mol. The number of carbonyl (C=O) groups is 3. The second-order valence-corrected chi connectivity index (χ2v) is 25.2. The SMILES string of the molecule is C.Cc1cccc(CNC(=O)Cc2ccc(-c3ccc(N4CCOCC4)cc3)cn2)c1.Cc1cccc(CNC(=O)Cc2ccc(-c3ccc(OCCN4CCN(C)CC4)cc3F)cc2)c1.Cc1cccc(CNC(=O)Cc2ccc(-c3ccc(OCCN4CCOCC4)cc3)cn2)c1. The van der Waals surface area contributed by atoms with Crippen LogP contribution in [-0.2, 0) is 62.8 Å². The molecule has 3 N–H and O–H groups in total. The van der Waals surface area contributed by atoms with Gasteiger partial charge in [-0.15, -0.1) is 0 Å². The van der Waals surface area contributed by atoms with E-state index in [1.807, 2.05) is 167 Å². The van der Waals surface area contributed by atoms with Crippen molar-refractivity contribution in [2.75, 3.05) is 117 Å². The lowest BCUT2D eigenvalue weighted by molar-refractivity contribution is -0.121. The second kappa shape index (κ2) is 38.5. The Bertz CT molecular complexity index is 3950. The van der Waals surface area contributed by atoms with Crippen molar-refractivity contribution in [1.29, 1.82) is 0 Å².